The van der Waals surface area contributed by atoms with Crippen molar-refractivity contribution in [3.05, 3.63) is 33.1 Å². The number of ether oxygens (including phenoxy) is 1. The molecule has 3 rings (SSSR count). The number of likely N-dealkylation sites (N-methyl/N-ethyl adjacent to an activating group) is 1. The van der Waals surface area contributed by atoms with E-state index in [0.29, 0.717) is 13.2 Å². The summed E-state index contributed by atoms with van der Waals surface area (Å²) in [6.45, 7) is 1.15. The lowest BCUT2D eigenvalue weighted by Gasteiger charge is -2.25. The molecular weight excluding hydrogens is 224 g/mol. The zero-order valence-electron chi connectivity index (χ0n) is 8.87. The second-order valence-electron chi connectivity index (χ2n) is 3.87. The summed E-state index contributed by atoms with van der Waals surface area (Å²) in [5.41, 5.74) is 2.08. The Hall–Kier alpha value is -1.17. The molecule has 0 aliphatic carbocycles. The number of hydrogen-bond acceptors (Lipinski definition) is 4. The average Bonchev–Trinajstić information content (AvgIpc) is 2.77. The summed E-state index contributed by atoms with van der Waals surface area (Å²) in [5.74, 6) is 0. The first-order chi connectivity index (χ1) is 7.81. The molecule has 84 valence electrons. The molecule has 0 saturated carbocycles. The third-order valence-corrected chi connectivity index (χ3v) is 3.89. The molecule has 1 aliphatic heterocycles. The maximum atomic E-state index is 11.8. The van der Waals surface area contributed by atoms with Crippen LogP contribution in [-0.2, 0) is 11.3 Å². The maximum absolute atomic E-state index is 11.8. The van der Waals surface area contributed by atoms with Gasteiger partial charge in [-0.3, -0.25) is 4.79 Å². The van der Waals surface area contributed by atoms with Gasteiger partial charge in [0.2, 0.25) is 0 Å². The van der Waals surface area contributed by atoms with Crippen molar-refractivity contribution in [2.45, 2.75) is 12.6 Å². The molecule has 0 amide bonds. The zero-order valence-corrected chi connectivity index (χ0v) is 9.69. The Morgan fingerprint density at radius 3 is 3.31 bits per heavy atom. The van der Waals surface area contributed by atoms with Gasteiger partial charge >= 0.3 is 0 Å². The van der Waals surface area contributed by atoms with E-state index in [0.717, 1.165) is 15.8 Å². The molecule has 0 radical (unpaired) electrons. The third kappa shape index (κ3) is 1.32. The number of H-pyrrole nitrogens is 1. The molecule has 2 aromatic rings. The van der Waals surface area contributed by atoms with E-state index < -0.39 is 0 Å². The van der Waals surface area contributed by atoms with Crippen molar-refractivity contribution in [2.75, 3.05) is 13.7 Å². The zero-order chi connectivity index (χ0) is 11.1. The van der Waals surface area contributed by atoms with Gasteiger partial charge in [-0.15, -0.1) is 11.3 Å². The largest absolute Gasteiger partial charge is 0.373 e. The first-order valence-electron chi connectivity index (χ1n) is 5.18. The first-order valence-corrected chi connectivity index (χ1v) is 6.06. The molecule has 0 saturated heterocycles. The minimum Gasteiger partial charge on any atom is -0.373 e. The van der Waals surface area contributed by atoms with Gasteiger partial charge in [-0.2, -0.15) is 0 Å². The molecule has 4 nitrogen and oxygen atoms in total. The van der Waals surface area contributed by atoms with E-state index in [-0.39, 0.29) is 11.6 Å². The van der Waals surface area contributed by atoms with Crippen LogP contribution in [0.15, 0.2) is 16.2 Å². The van der Waals surface area contributed by atoms with Crippen molar-refractivity contribution in [1.82, 2.24) is 10.3 Å². The molecule has 1 atom stereocenters. The van der Waals surface area contributed by atoms with Crippen molar-refractivity contribution in [3.8, 4) is 0 Å². The summed E-state index contributed by atoms with van der Waals surface area (Å²) in [5, 5.41) is 6.24. The molecule has 0 bridgehead atoms. The minimum atomic E-state index is -0.0101. The number of aromatic amines is 1. The van der Waals surface area contributed by atoms with Crippen LogP contribution >= 0.6 is 11.3 Å². The van der Waals surface area contributed by atoms with Crippen molar-refractivity contribution in [2.24, 2.45) is 0 Å². The molecule has 5 heteroatoms. The van der Waals surface area contributed by atoms with Gasteiger partial charge in [0.1, 0.15) is 0 Å². The molecule has 16 heavy (non-hydrogen) atoms. The third-order valence-electron chi connectivity index (χ3n) is 2.98. The van der Waals surface area contributed by atoms with Gasteiger partial charge in [-0.25, -0.2) is 0 Å². The molecule has 2 aromatic heterocycles. The van der Waals surface area contributed by atoms with Gasteiger partial charge in [0.05, 0.1) is 24.0 Å². The highest BCUT2D eigenvalue weighted by Gasteiger charge is 2.23. The number of rotatable bonds is 1. The summed E-state index contributed by atoms with van der Waals surface area (Å²) >= 11 is 1.49. The topological polar surface area (TPSA) is 54.1 Å². The lowest BCUT2D eigenvalue weighted by molar-refractivity contribution is 0.0819. The summed E-state index contributed by atoms with van der Waals surface area (Å²) in [6.07, 6.45) is 0. The highest BCUT2D eigenvalue weighted by atomic mass is 32.1. The molecule has 0 spiro atoms. The Morgan fingerprint density at radius 2 is 2.50 bits per heavy atom. The fraction of sp³-hybridized carbons (Fsp3) is 0.364. The first kappa shape index (κ1) is 10.0. The van der Waals surface area contributed by atoms with Crippen LogP contribution in [0.1, 0.15) is 17.3 Å². The highest BCUT2D eigenvalue weighted by molar-refractivity contribution is 7.17. The lowest BCUT2D eigenvalue weighted by atomic mass is 10.00. The van der Waals surface area contributed by atoms with Crippen LogP contribution in [0, 0.1) is 0 Å². The molecule has 2 N–H and O–H groups in total. The molecular formula is C11H12N2O2S. The SMILES string of the molecule is CNC1COCc2[nH]c(=O)c3sccc3c21. The summed E-state index contributed by atoms with van der Waals surface area (Å²) in [6, 6.07) is 2.18. The van der Waals surface area contributed by atoms with Crippen LogP contribution in [0.3, 0.4) is 0 Å². The Labute approximate surface area is 96.3 Å². The van der Waals surface area contributed by atoms with Gasteiger partial charge in [0.15, 0.2) is 0 Å². The van der Waals surface area contributed by atoms with E-state index in [1.54, 1.807) is 0 Å². The average molecular weight is 236 g/mol. The summed E-state index contributed by atoms with van der Waals surface area (Å²) in [7, 11) is 1.91. The number of thiophene rings is 1. The monoisotopic (exact) mass is 236 g/mol. The van der Waals surface area contributed by atoms with Gasteiger partial charge in [0, 0.05) is 16.6 Å². The Bertz CT molecular complexity index is 587. The van der Waals surface area contributed by atoms with E-state index in [1.807, 2.05) is 18.5 Å². The number of pyridine rings is 1. The molecule has 0 aromatic carbocycles. The molecule has 3 heterocycles. The summed E-state index contributed by atoms with van der Waals surface area (Å²) < 4.78 is 6.26. The van der Waals surface area contributed by atoms with Crippen molar-refractivity contribution >= 4 is 21.4 Å². The maximum Gasteiger partial charge on any atom is 0.266 e. The van der Waals surface area contributed by atoms with Crippen LogP contribution in [0.5, 0.6) is 0 Å². The van der Waals surface area contributed by atoms with Crippen molar-refractivity contribution in [1.29, 1.82) is 0 Å². The second kappa shape index (κ2) is 3.69. The predicted molar refractivity (Wildman–Crippen MR) is 63.9 cm³/mol. The van der Waals surface area contributed by atoms with Crippen molar-refractivity contribution < 1.29 is 4.74 Å². The standard InChI is InChI=1S/C11H12N2O2S/c1-12-7-4-15-5-8-9(7)6-2-3-16-10(6)11(14)13-8/h2-3,7,12H,4-5H2,1H3,(H,13,14). The van der Waals surface area contributed by atoms with Crippen LogP contribution in [0.4, 0.5) is 0 Å². The Balaban J connectivity index is 2.37. The normalized spacial score (nSPS) is 19.9. The molecule has 1 aliphatic rings. The number of nitrogens with one attached hydrogen (secondary N) is 2. The fourth-order valence-electron chi connectivity index (χ4n) is 2.22. The van der Waals surface area contributed by atoms with E-state index in [2.05, 4.69) is 10.3 Å². The lowest BCUT2D eigenvalue weighted by Crippen LogP contribution is -2.29. The fourth-order valence-corrected chi connectivity index (χ4v) is 3.03. The van der Waals surface area contributed by atoms with Crippen LogP contribution in [0.2, 0.25) is 0 Å². The highest BCUT2D eigenvalue weighted by Crippen LogP contribution is 2.30. The number of aromatic nitrogens is 1. The van der Waals surface area contributed by atoms with E-state index in [4.69, 9.17) is 4.74 Å². The molecule has 0 fully saturated rings. The number of hydrogen-bond donors (Lipinski definition) is 2. The molecule has 1 unspecified atom stereocenters. The second-order valence-corrected chi connectivity index (χ2v) is 4.78. The predicted octanol–water partition coefficient (Wildman–Crippen LogP) is 1.38. The quantitative estimate of drug-likeness (QED) is 0.786. The minimum absolute atomic E-state index is 0.0101. The van der Waals surface area contributed by atoms with Gasteiger partial charge in [0.25, 0.3) is 5.56 Å². The Kier molecular flexibility index (Phi) is 2.31. The van der Waals surface area contributed by atoms with Gasteiger partial charge < -0.3 is 15.0 Å². The van der Waals surface area contributed by atoms with E-state index >= 15 is 0 Å². The van der Waals surface area contributed by atoms with E-state index in [1.165, 1.54) is 16.9 Å². The van der Waals surface area contributed by atoms with Gasteiger partial charge in [-0.05, 0) is 18.5 Å². The summed E-state index contributed by atoms with van der Waals surface area (Å²) in [4.78, 5) is 14.7. The van der Waals surface area contributed by atoms with E-state index in [9.17, 15) is 4.79 Å². The van der Waals surface area contributed by atoms with Gasteiger partial charge in [-0.1, -0.05) is 0 Å². The van der Waals surface area contributed by atoms with Crippen LogP contribution < -0.4 is 10.9 Å². The van der Waals surface area contributed by atoms with Crippen LogP contribution in [-0.4, -0.2) is 18.6 Å². The van der Waals surface area contributed by atoms with Crippen molar-refractivity contribution in [3.63, 3.8) is 0 Å². The number of fused-ring (bicyclic) bond motifs is 3. The van der Waals surface area contributed by atoms with Crippen LogP contribution in [0.25, 0.3) is 10.1 Å². The Morgan fingerprint density at radius 1 is 1.62 bits per heavy atom. The smallest absolute Gasteiger partial charge is 0.266 e.